The van der Waals surface area contributed by atoms with Crippen molar-refractivity contribution in [3.63, 3.8) is 0 Å². The van der Waals surface area contributed by atoms with E-state index in [0.717, 1.165) is 31.5 Å². The van der Waals surface area contributed by atoms with Crippen molar-refractivity contribution in [2.24, 2.45) is 11.7 Å². The first kappa shape index (κ1) is 23.1. The van der Waals surface area contributed by atoms with Gasteiger partial charge in [0.1, 0.15) is 0 Å². The molecule has 1 amide bonds. The van der Waals surface area contributed by atoms with E-state index < -0.39 is 10.0 Å². The first-order chi connectivity index (χ1) is 12.8. The standard InChI is InChI=1S/C20H31N3O3S.ClH/c1-15(2)16-3-5-19(6-4-16)27(25,26)23-13-7-17(8-14-23)20(24)22-11-9-18(21)10-12-22;/h3-6,15,17-18H,7-14,21H2,1-2H3;1H. The van der Waals surface area contributed by atoms with Gasteiger partial charge in [0.05, 0.1) is 4.90 Å². The van der Waals surface area contributed by atoms with E-state index in [1.165, 1.54) is 4.31 Å². The molecule has 2 saturated heterocycles. The predicted octanol–water partition coefficient (Wildman–Crippen LogP) is 2.58. The third kappa shape index (κ3) is 5.06. The maximum Gasteiger partial charge on any atom is 0.243 e. The summed E-state index contributed by atoms with van der Waals surface area (Å²) in [6.07, 6.45) is 2.88. The van der Waals surface area contributed by atoms with Gasteiger partial charge in [0.2, 0.25) is 15.9 Å². The molecule has 158 valence electrons. The molecule has 3 rings (SSSR count). The summed E-state index contributed by atoms with van der Waals surface area (Å²) in [5.41, 5.74) is 7.04. The van der Waals surface area contributed by atoms with Crippen molar-refractivity contribution in [2.45, 2.75) is 56.4 Å². The van der Waals surface area contributed by atoms with E-state index in [-0.39, 0.29) is 30.3 Å². The summed E-state index contributed by atoms with van der Waals surface area (Å²) in [7, 11) is -3.49. The van der Waals surface area contributed by atoms with E-state index in [4.69, 9.17) is 5.73 Å². The molecule has 2 heterocycles. The molecule has 28 heavy (non-hydrogen) atoms. The largest absolute Gasteiger partial charge is 0.342 e. The van der Waals surface area contributed by atoms with Gasteiger partial charge >= 0.3 is 0 Å². The molecule has 0 spiro atoms. The van der Waals surface area contributed by atoms with E-state index in [0.29, 0.717) is 36.7 Å². The number of benzene rings is 1. The van der Waals surface area contributed by atoms with E-state index in [9.17, 15) is 13.2 Å². The quantitative estimate of drug-likeness (QED) is 0.797. The summed E-state index contributed by atoms with van der Waals surface area (Å²) < 4.78 is 27.3. The molecule has 0 atom stereocenters. The molecular formula is C20H32ClN3O3S. The van der Waals surface area contributed by atoms with Gasteiger partial charge in [-0.25, -0.2) is 8.42 Å². The van der Waals surface area contributed by atoms with Gasteiger partial charge in [0.25, 0.3) is 0 Å². The average Bonchev–Trinajstić information content (AvgIpc) is 2.68. The van der Waals surface area contributed by atoms with Crippen LogP contribution in [-0.2, 0) is 14.8 Å². The number of piperidine rings is 2. The molecule has 2 aliphatic heterocycles. The fourth-order valence-corrected chi connectivity index (χ4v) is 5.36. The van der Waals surface area contributed by atoms with Gasteiger partial charge < -0.3 is 10.6 Å². The molecule has 0 aromatic heterocycles. The lowest BCUT2D eigenvalue weighted by molar-refractivity contribution is -0.137. The van der Waals surface area contributed by atoms with Crippen LogP contribution in [0.15, 0.2) is 29.2 Å². The lowest BCUT2D eigenvalue weighted by Gasteiger charge is -2.36. The number of rotatable bonds is 4. The molecule has 8 heteroatoms. The Morgan fingerprint density at radius 1 is 1.00 bits per heavy atom. The van der Waals surface area contributed by atoms with Gasteiger partial charge in [-0.1, -0.05) is 26.0 Å². The van der Waals surface area contributed by atoms with Crippen LogP contribution in [-0.4, -0.2) is 55.8 Å². The number of carbonyl (C=O) groups is 1. The normalized spacial score (nSPS) is 20.2. The number of hydrogen-bond donors (Lipinski definition) is 1. The van der Waals surface area contributed by atoms with Crippen LogP contribution < -0.4 is 5.73 Å². The van der Waals surface area contributed by atoms with Gasteiger partial charge in [0.15, 0.2) is 0 Å². The maximum atomic E-state index is 12.9. The molecule has 0 saturated carbocycles. The molecule has 2 N–H and O–H groups in total. The van der Waals surface area contributed by atoms with Crippen molar-refractivity contribution in [3.8, 4) is 0 Å². The lowest BCUT2D eigenvalue weighted by Crippen LogP contribution is -2.48. The average molecular weight is 430 g/mol. The van der Waals surface area contributed by atoms with E-state index in [1.54, 1.807) is 12.1 Å². The number of sulfonamides is 1. The zero-order valence-electron chi connectivity index (χ0n) is 16.7. The molecule has 6 nitrogen and oxygen atoms in total. The van der Waals surface area contributed by atoms with Crippen molar-refractivity contribution in [3.05, 3.63) is 29.8 Å². The Kier molecular flexibility index (Phi) is 7.90. The van der Waals surface area contributed by atoms with Gasteiger partial charge in [-0.05, 0) is 49.3 Å². The second-order valence-electron chi connectivity index (χ2n) is 8.06. The Labute approximate surface area is 174 Å². The van der Waals surface area contributed by atoms with E-state index in [2.05, 4.69) is 13.8 Å². The summed E-state index contributed by atoms with van der Waals surface area (Å²) in [5.74, 6) is 0.460. The minimum atomic E-state index is -3.49. The van der Waals surface area contributed by atoms with Crippen molar-refractivity contribution in [2.75, 3.05) is 26.2 Å². The van der Waals surface area contributed by atoms with Crippen LogP contribution in [0.4, 0.5) is 0 Å². The monoisotopic (exact) mass is 429 g/mol. The third-order valence-electron chi connectivity index (χ3n) is 5.84. The van der Waals surface area contributed by atoms with Crippen LogP contribution in [0.1, 0.15) is 51.0 Å². The third-order valence-corrected chi connectivity index (χ3v) is 7.75. The van der Waals surface area contributed by atoms with Crippen LogP contribution >= 0.6 is 12.4 Å². The van der Waals surface area contributed by atoms with Gasteiger partial charge in [-0.3, -0.25) is 4.79 Å². The highest BCUT2D eigenvalue weighted by Gasteiger charge is 2.34. The minimum Gasteiger partial charge on any atom is -0.342 e. The molecule has 1 aromatic carbocycles. The number of halogens is 1. The molecule has 0 bridgehead atoms. The molecule has 2 aliphatic rings. The smallest absolute Gasteiger partial charge is 0.243 e. The van der Waals surface area contributed by atoms with Crippen LogP contribution in [0.5, 0.6) is 0 Å². The topological polar surface area (TPSA) is 83.7 Å². The fourth-order valence-electron chi connectivity index (χ4n) is 3.89. The van der Waals surface area contributed by atoms with Crippen molar-refractivity contribution >= 4 is 28.3 Å². The van der Waals surface area contributed by atoms with Gasteiger partial charge in [0, 0.05) is 38.1 Å². The van der Waals surface area contributed by atoms with Crippen LogP contribution in [0, 0.1) is 5.92 Å². The number of amides is 1. The van der Waals surface area contributed by atoms with Crippen LogP contribution in [0.2, 0.25) is 0 Å². The second-order valence-corrected chi connectivity index (χ2v) is 10.0. The zero-order valence-corrected chi connectivity index (χ0v) is 18.3. The summed E-state index contributed by atoms with van der Waals surface area (Å²) in [5, 5.41) is 0. The predicted molar refractivity (Wildman–Crippen MR) is 113 cm³/mol. The Morgan fingerprint density at radius 3 is 2.04 bits per heavy atom. The second kappa shape index (κ2) is 9.57. The van der Waals surface area contributed by atoms with Crippen molar-refractivity contribution in [1.82, 2.24) is 9.21 Å². The molecule has 0 radical (unpaired) electrons. The Balaban J connectivity index is 0.00000280. The van der Waals surface area contributed by atoms with Gasteiger partial charge in [-0.15, -0.1) is 12.4 Å². The van der Waals surface area contributed by atoms with E-state index in [1.807, 2.05) is 17.0 Å². The van der Waals surface area contributed by atoms with Crippen LogP contribution in [0.25, 0.3) is 0 Å². The highest BCUT2D eigenvalue weighted by Crippen LogP contribution is 2.27. The number of carbonyl (C=O) groups excluding carboxylic acids is 1. The number of likely N-dealkylation sites (tertiary alicyclic amines) is 1. The van der Waals surface area contributed by atoms with Crippen LogP contribution in [0.3, 0.4) is 0 Å². The summed E-state index contributed by atoms with van der Waals surface area (Å²) in [6, 6.07) is 7.35. The lowest BCUT2D eigenvalue weighted by atomic mass is 9.95. The summed E-state index contributed by atoms with van der Waals surface area (Å²) in [4.78, 5) is 14.9. The SMILES string of the molecule is CC(C)c1ccc(S(=O)(=O)N2CCC(C(=O)N3CCC(N)CC3)CC2)cc1.Cl. The highest BCUT2D eigenvalue weighted by atomic mass is 35.5. The molecule has 0 unspecified atom stereocenters. The first-order valence-corrected chi connectivity index (χ1v) is 11.4. The molecule has 0 aliphatic carbocycles. The number of hydrogen-bond acceptors (Lipinski definition) is 4. The van der Waals surface area contributed by atoms with Crippen molar-refractivity contribution in [1.29, 1.82) is 0 Å². The Morgan fingerprint density at radius 2 is 1.54 bits per heavy atom. The Hall–Kier alpha value is -1.15. The fraction of sp³-hybridized carbons (Fsp3) is 0.650. The summed E-state index contributed by atoms with van der Waals surface area (Å²) in [6.45, 7) is 6.42. The highest BCUT2D eigenvalue weighted by molar-refractivity contribution is 7.89. The molecule has 1 aromatic rings. The molecule has 2 fully saturated rings. The zero-order chi connectivity index (χ0) is 19.6. The first-order valence-electron chi connectivity index (χ1n) is 9.93. The van der Waals surface area contributed by atoms with Crippen molar-refractivity contribution < 1.29 is 13.2 Å². The Bertz CT molecular complexity index is 751. The minimum absolute atomic E-state index is 0. The van der Waals surface area contributed by atoms with E-state index >= 15 is 0 Å². The maximum absolute atomic E-state index is 12.9. The van der Waals surface area contributed by atoms with Gasteiger partial charge in [-0.2, -0.15) is 4.31 Å². The number of nitrogens with two attached hydrogens (primary N) is 1. The summed E-state index contributed by atoms with van der Waals surface area (Å²) >= 11 is 0. The number of nitrogens with zero attached hydrogens (tertiary/aromatic N) is 2. The molecular weight excluding hydrogens is 398 g/mol.